The summed E-state index contributed by atoms with van der Waals surface area (Å²) >= 11 is 0. The summed E-state index contributed by atoms with van der Waals surface area (Å²) in [7, 11) is 0. The lowest BCUT2D eigenvalue weighted by Crippen LogP contribution is -2.01. The van der Waals surface area contributed by atoms with E-state index in [1.54, 1.807) is 0 Å². The Balaban J connectivity index is 2.04. The number of carbonyl (C=O) groups is 1. The predicted octanol–water partition coefficient (Wildman–Crippen LogP) is 8.92. The van der Waals surface area contributed by atoms with Gasteiger partial charge in [0.15, 0.2) is 5.78 Å². The highest BCUT2D eigenvalue weighted by atomic mass is 16.5. The summed E-state index contributed by atoms with van der Waals surface area (Å²) in [6.45, 7) is 5.23. The standard InChI is InChI=1S/C27H46O2/c1-3-5-7-9-10-11-12-13-14-15-16-17-22-27(28)25-20-19-21-26(24-25)29-23-18-8-6-4-2/h19-21,24H,3-18,22-23H2,1-2H3. The van der Waals surface area contributed by atoms with Crippen LogP contribution in [0.5, 0.6) is 5.75 Å². The average molecular weight is 403 g/mol. The second kappa shape index (κ2) is 18.7. The molecule has 0 aliphatic rings. The zero-order valence-corrected chi connectivity index (χ0v) is 19.4. The average Bonchev–Trinajstić information content (AvgIpc) is 2.74. The number of hydrogen-bond donors (Lipinski definition) is 0. The number of ketones is 1. The third-order valence-electron chi connectivity index (χ3n) is 5.68. The van der Waals surface area contributed by atoms with Gasteiger partial charge in [-0.2, -0.15) is 0 Å². The summed E-state index contributed by atoms with van der Waals surface area (Å²) < 4.78 is 5.81. The Hall–Kier alpha value is -1.31. The molecule has 29 heavy (non-hydrogen) atoms. The summed E-state index contributed by atoms with van der Waals surface area (Å²) in [5.41, 5.74) is 0.805. The molecule has 0 aromatic heterocycles. The van der Waals surface area contributed by atoms with Crippen LogP contribution in [-0.2, 0) is 0 Å². The van der Waals surface area contributed by atoms with Crippen LogP contribution in [0, 0.1) is 0 Å². The molecule has 0 atom stereocenters. The molecular weight excluding hydrogens is 356 g/mol. The number of Topliss-reactive ketones (excluding diaryl/α,β-unsaturated/α-hetero) is 1. The molecule has 0 N–H and O–H groups in total. The second-order valence-electron chi connectivity index (χ2n) is 8.50. The van der Waals surface area contributed by atoms with Gasteiger partial charge < -0.3 is 4.74 Å². The molecule has 0 aliphatic carbocycles. The minimum atomic E-state index is 0.258. The molecule has 0 bridgehead atoms. The Bertz CT molecular complexity index is 509. The maximum absolute atomic E-state index is 12.4. The molecule has 2 nitrogen and oxygen atoms in total. The molecule has 166 valence electrons. The highest BCUT2D eigenvalue weighted by Gasteiger charge is 2.07. The molecule has 0 amide bonds. The van der Waals surface area contributed by atoms with Crippen molar-refractivity contribution in [2.75, 3.05) is 6.61 Å². The Labute approximate surface area is 180 Å². The summed E-state index contributed by atoms with van der Waals surface area (Å²) in [5.74, 6) is 1.09. The Morgan fingerprint density at radius 1 is 0.690 bits per heavy atom. The van der Waals surface area contributed by atoms with Gasteiger partial charge in [0, 0.05) is 12.0 Å². The van der Waals surface area contributed by atoms with Crippen molar-refractivity contribution in [3.63, 3.8) is 0 Å². The van der Waals surface area contributed by atoms with Crippen molar-refractivity contribution in [2.24, 2.45) is 0 Å². The zero-order valence-electron chi connectivity index (χ0n) is 19.4. The summed E-state index contributed by atoms with van der Waals surface area (Å²) in [6.07, 6.45) is 21.4. The summed E-state index contributed by atoms with van der Waals surface area (Å²) in [6, 6.07) is 7.74. The number of rotatable bonds is 20. The van der Waals surface area contributed by atoms with E-state index in [1.807, 2.05) is 24.3 Å². The van der Waals surface area contributed by atoms with E-state index in [0.29, 0.717) is 6.42 Å². The number of unbranched alkanes of at least 4 members (excludes halogenated alkanes) is 14. The van der Waals surface area contributed by atoms with Crippen LogP contribution < -0.4 is 4.74 Å². The normalized spacial score (nSPS) is 11.0. The molecule has 1 aromatic carbocycles. The van der Waals surface area contributed by atoms with Crippen LogP contribution in [0.1, 0.15) is 133 Å². The molecule has 2 heteroatoms. The maximum Gasteiger partial charge on any atom is 0.163 e. The SMILES string of the molecule is CCCCCCCCCCCCCCC(=O)c1cccc(OCCCCCC)c1. The second-order valence-corrected chi connectivity index (χ2v) is 8.50. The molecule has 0 spiro atoms. The van der Waals surface area contributed by atoms with Crippen molar-refractivity contribution < 1.29 is 9.53 Å². The van der Waals surface area contributed by atoms with Gasteiger partial charge in [0.25, 0.3) is 0 Å². The monoisotopic (exact) mass is 402 g/mol. The lowest BCUT2D eigenvalue weighted by molar-refractivity contribution is 0.0978. The topological polar surface area (TPSA) is 26.3 Å². The fourth-order valence-electron chi connectivity index (χ4n) is 3.75. The minimum Gasteiger partial charge on any atom is -0.494 e. The number of ether oxygens (including phenoxy) is 1. The van der Waals surface area contributed by atoms with Gasteiger partial charge in [-0.3, -0.25) is 4.79 Å². The first-order valence-electron chi connectivity index (χ1n) is 12.5. The van der Waals surface area contributed by atoms with Gasteiger partial charge in [0.05, 0.1) is 6.61 Å². The first kappa shape index (κ1) is 25.7. The first-order valence-corrected chi connectivity index (χ1v) is 12.5. The number of carbonyl (C=O) groups excluding carboxylic acids is 1. The Morgan fingerprint density at radius 3 is 1.79 bits per heavy atom. The summed E-state index contributed by atoms with van der Waals surface area (Å²) in [4.78, 5) is 12.4. The van der Waals surface area contributed by atoms with E-state index in [4.69, 9.17) is 4.74 Å². The van der Waals surface area contributed by atoms with Crippen molar-refractivity contribution in [3.05, 3.63) is 29.8 Å². The van der Waals surface area contributed by atoms with E-state index in [2.05, 4.69) is 13.8 Å². The minimum absolute atomic E-state index is 0.258. The molecule has 0 fully saturated rings. The van der Waals surface area contributed by atoms with Gasteiger partial charge in [-0.1, -0.05) is 116 Å². The van der Waals surface area contributed by atoms with Crippen LogP contribution in [0.3, 0.4) is 0 Å². The number of hydrogen-bond acceptors (Lipinski definition) is 2. The zero-order chi connectivity index (χ0) is 21.0. The molecule has 1 aromatic rings. The fourth-order valence-corrected chi connectivity index (χ4v) is 3.75. The third kappa shape index (κ3) is 14.3. The molecule has 0 unspecified atom stereocenters. The van der Waals surface area contributed by atoms with E-state index in [9.17, 15) is 4.79 Å². The predicted molar refractivity (Wildman–Crippen MR) is 126 cm³/mol. The van der Waals surface area contributed by atoms with E-state index in [1.165, 1.54) is 89.9 Å². The van der Waals surface area contributed by atoms with Crippen LogP contribution in [0.2, 0.25) is 0 Å². The van der Waals surface area contributed by atoms with Crippen molar-refractivity contribution in [1.29, 1.82) is 0 Å². The molecule has 0 heterocycles. The van der Waals surface area contributed by atoms with Crippen LogP contribution in [-0.4, -0.2) is 12.4 Å². The Morgan fingerprint density at radius 2 is 1.21 bits per heavy atom. The van der Waals surface area contributed by atoms with Crippen molar-refractivity contribution in [1.82, 2.24) is 0 Å². The number of benzene rings is 1. The van der Waals surface area contributed by atoms with E-state index in [0.717, 1.165) is 30.8 Å². The van der Waals surface area contributed by atoms with Crippen LogP contribution in [0.4, 0.5) is 0 Å². The van der Waals surface area contributed by atoms with Gasteiger partial charge in [0.2, 0.25) is 0 Å². The van der Waals surface area contributed by atoms with E-state index in [-0.39, 0.29) is 5.78 Å². The summed E-state index contributed by atoms with van der Waals surface area (Å²) in [5, 5.41) is 0. The third-order valence-corrected chi connectivity index (χ3v) is 5.68. The maximum atomic E-state index is 12.4. The molecule has 1 rings (SSSR count). The molecule has 0 saturated heterocycles. The van der Waals surface area contributed by atoms with Crippen molar-refractivity contribution in [3.8, 4) is 5.75 Å². The molecule has 0 aliphatic heterocycles. The van der Waals surface area contributed by atoms with Crippen LogP contribution in [0.15, 0.2) is 24.3 Å². The molecular formula is C27H46O2. The largest absolute Gasteiger partial charge is 0.494 e. The highest BCUT2D eigenvalue weighted by Crippen LogP contribution is 2.17. The van der Waals surface area contributed by atoms with E-state index >= 15 is 0 Å². The van der Waals surface area contributed by atoms with Gasteiger partial charge >= 0.3 is 0 Å². The van der Waals surface area contributed by atoms with E-state index < -0.39 is 0 Å². The van der Waals surface area contributed by atoms with Crippen molar-refractivity contribution in [2.45, 2.75) is 123 Å². The fraction of sp³-hybridized carbons (Fsp3) is 0.741. The van der Waals surface area contributed by atoms with Gasteiger partial charge in [0.1, 0.15) is 5.75 Å². The van der Waals surface area contributed by atoms with Crippen LogP contribution >= 0.6 is 0 Å². The molecule has 0 saturated carbocycles. The highest BCUT2D eigenvalue weighted by molar-refractivity contribution is 5.96. The quantitative estimate of drug-likeness (QED) is 0.161. The Kier molecular flexibility index (Phi) is 16.6. The van der Waals surface area contributed by atoms with Gasteiger partial charge in [-0.05, 0) is 25.0 Å². The van der Waals surface area contributed by atoms with Gasteiger partial charge in [-0.25, -0.2) is 0 Å². The smallest absolute Gasteiger partial charge is 0.163 e. The molecule has 0 radical (unpaired) electrons. The lowest BCUT2D eigenvalue weighted by Gasteiger charge is -2.08. The van der Waals surface area contributed by atoms with Crippen LogP contribution in [0.25, 0.3) is 0 Å². The van der Waals surface area contributed by atoms with Crippen molar-refractivity contribution >= 4 is 5.78 Å². The van der Waals surface area contributed by atoms with Gasteiger partial charge in [-0.15, -0.1) is 0 Å². The first-order chi connectivity index (χ1) is 14.3. The lowest BCUT2D eigenvalue weighted by atomic mass is 10.0.